The number of nitrogens with one attached hydrogen (secondary N) is 2. The van der Waals surface area contributed by atoms with E-state index < -0.39 is 17.6 Å². The van der Waals surface area contributed by atoms with Crippen LogP contribution in [0, 0.1) is 17.1 Å². The molecule has 0 bridgehead atoms. The van der Waals surface area contributed by atoms with Crippen molar-refractivity contribution in [2.75, 3.05) is 18.7 Å². The number of nitriles is 1. The fraction of sp³-hybridized carbons (Fsp3) is 0.182. The number of halogens is 1. The van der Waals surface area contributed by atoms with Crippen LogP contribution in [0.1, 0.15) is 18.4 Å². The van der Waals surface area contributed by atoms with Gasteiger partial charge >= 0.3 is 0 Å². The van der Waals surface area contributed by atoms with E-state index in [9.17, 15) is 14.4 Å². The number of nitrogens with zero attached hydrogens (tertiary/aromatic N) is 1. The maximum atomic E-state index is 14.7. The first-order valence-corrected chi connectivity index (χ1v) is 10.1. The lowest BCUT2D eigenvalue weighted by molar-refractivity contribution is -0.113. The van der Waals surface area contributed by atoms with Crippen LogP contribution in [0.3, 0.4) is 0 Å². The molecule has 5 nitrogen and oxygen atoms in total. The summed E-state index contributed by atoms with van der Waals surface area (Å²) in [6, 6.07) is 15.4. The molecule has 1 aliphatic rings. The first-order chi connectivity index (χ1) is 14.0. The molecule has 0 saturated carbocycles. The Labute approximate surface area is 173 Å². The Balaban J connectivity index is 2.11. The lowest BCUT2D eigenvalue weighted by atomic mass is 9.82. The van der Waals surface area contributed by atoms with Crippen LogP contribution in [-0.2, 0) is 4.79 Å². The number of anilines is 1. The summed E-state index contributed by atoms with van der Waals surface area (Å²) in [6.07, 6.45) is 1.82. The molecule has 29 heavy (non-hydrogen) atoms. The molecule has 1 aliphatic heterocycles. The Morgan fingerprint density at radius 1 is 1.24 bits per heavy atom. The van der Waals surface area contributed by atoms with Crippen LogP contribution in [0.5, 0.6) is 5.75 Å². The topological polar surface area (TPSA) is 74.2 Å². The number of allylic oxidation sites excluding steroid dienone is 2. The maximum Gasteiger partial charge on any atom is 0.254 e. The van der Waals surface area contributed by atoms with Crippen molar-refractivity contribution >= 4 is 23.4 Å². The van der Waals surface area contributed by atoms with Gasteiger partial charge in [0.05, 0.1) is 35.4 Å². The molecule has 2 N–H and O–H groups in total. The second-order valence-electron chi connectivity index (χ2n) is 6.33. The number of carbonyl (C=O) groups is 1. The normalized spacial score (nSPS) is 16.2. The summed E-state index contributed by atoms with van der Waals surface area (Å²) in [6.45, 7) is 1.75. The Morgan fingerprint density at radius 3 is 2.59 bits per heavy atom. The van der Waals surface area contributed by atoms with Gasteiger partial charge in [-0.1, -0.05) is 30.3 Å². The minimum atomic E-state index is -0.820. The van der Waals surface area contributed by atoms with Gasteiger partial charge in [0.1, 0.15) is 11.6 Å². The van der Waals surface area contributed by atoms with Crippen molar-refractivity contribution in [2.24, 2.45) is 0 Å². The van der Waals surface area contributed by atoms with Crippen molar-refractivity contribution in [2.45, 2.75) is 12.8 Å². The van der Waals surface area contributed by atoms with Crippen LogP contribution < -0.4 is 15.4 Å². The molecule has 0 unspecified atom stereocenters. The zero-order chi connectivity index (χ0) is 21.0. The minimum Gasteiger partial charge on any atom is -0.495 e. The van der Waals surface area contributed by atoms with E-state index >= 15 is 0 Å². The molecule has 2 aromatic carbocycles. The van der Waals surface area contributed by atoms with Crippen molar-refractivity contribution in [3.05, 3.63) is 81.8 Å². The standard InChI is InChI=1S/C22H20FN3O2S/c1-13-19(21(27)26-17-10-6-7-11-18(17)28-2)20(14-8-4-5-9-16(14)23)15(12-24)22(25-13)29-3/h4-11,20,25H,1-3H3,(H,26,27)/t20-/m1/s1. The average molecular weight is 409 g/mol. The van der Waals surface area contributed by atoms with E-state index in [1.54, 1.807) is 49.4 Å². The Morgan fingerprint density at radius 2 is 1.93 bits per heavy atom. The van der Waals surface area contributed by atoms with E-state index in [-0.39, 0.29) is 11.1 Å². The van der Waals surface area contributed by atoms with Gasteiger partial charge in [-0.15, -0.1) is 11.8 Å². The van der Waals surface area contributed by atoms with Gasteiger partial charge in [0.25, 0.3) is 5.91 Å². The highest BCUT2D eigenvalue weighted by Crippen LogP contribution is 2.41. The summed E-state index contributed by atoms with van der Waals surface area (Å²) in [5, 5.41) is 16.4. The third-order valence-corrected chi connectivity index (χ3v) is 5.40. The van der Waals surface area contributed by atoms with E-state index in [1.165, 1.54) is 24.9 Å². The van der Waals surface area contributed by atoms with Gasteiger partial charge in [0, 0.05) is 16.8 Å². The Bertz CT molecular complexity index is 1060. The Hall–Kier alpha value is -3.24. The zero-order valence-electron chi connectivity index (χ0n) is 16.2. The predicted octanol–water partition coefficient (Wildman–Crippen LogP) is 4.53. The molecule has 0 spiro atoms. The van der Waals surface area contributed by atoms with Gasteiger partial charge in [-0.3, -0.25) is 4.79 Å². The van der Waals surface area contributed by atoms with Gasteiger partial charge in [-0.2, -0.15) is 5.26 Å². The molecule has 0 fully saturated rings. The lowest BCUT2D eigenvalue weighted by Gasteiger charge is -2.29. The number of hydrogen-bond donors (Lipinski definition) is 2. The highest BCUT2D eigenvalue weighted by Gasteiger charge is 2.35. The van der Waals surface area contributed by atoms with Crippen LogP contribution in [0.2, 0.25) is 0 Å². The highest BCUT2D eigenvalue weighted by molar-refractivity contribution is 8.02. The number of benzene rings is 2. The van der Waals surface area contributed by atoms with Crippen molar-refractivity contribution in [3.63, 3.8) is 0 Å². The molecular formula is C22H20FN3O2S. The van der Waals surface area contributed by atoms with Crippen molar-refractivity contribution in [1.82, 2.24) is 5.32 Å². The largest absolute Gasteiger partial charge is 0.495 e. The summed E-state index contributed by atoms with van der Waals surface area (Å²) in [5.41, 5.74) is 1.93. The smallest absolute Gasteiger partial charge is 0.254 e. The number of ether oxygens (including phenoxy) is 1. The molecule has 0 aromatic heterocycles. The molecule has 0 aliphatic carbocycles. The van der Waals surface area contributed by atoms with Crippen LogP contribution in [0.15, 0.2) is 70.4 Å². The van der Waals surface area contributed by atoms with E-state index in [0.717, 1.165) is 0 Å². The van der Waals surface area contributed by atoms with Gasteiger partial charge in [0.2, 0.25) is 0 Å². The lowest BCUT2D eigenvalue weighted by Crippen LogP contribution is -2.31. The molecule has 0 saturated heterocycles. The van der Waals surface area contributed by atoms with Gasteiger partial charge in [-0.25, -0.2) is 4.39 Å². The summed E-state index contributed by atoms with van der Waals surface area (Å²) in [7, 11) is 1.51. The molecule has 0 radical (unpaired) electrons. The van der Waals surface area contributed by atoms with Crippen LogP contribution in [-0.4, -0.2) is 19.3 Å². The van der Waals surface area contributed by atoms with Crippen molar-refractivity contribution in [3.8, 4) is 11.8 Å². The number of amides is 1. The first-order valence-electron chi connectivity index (χ1n) is 8.86. The van der Waals surface area contributed by atoms with E-state index in [2.05, 4.69) is 16.7 Å². The molecule has 1 amide bonds. The second-order valence-corrected chi connectivity index (χ2v) is 7.15. The number of thioether (sulfide) groups is 1. The fourth-order valence-corrected chi connectivity index (χ4v) is 3.97. The van der Waals surface area contributed by atoms with E-state index in [0.29, 0.717) is 27.7 Å². The molecule has 7 heteroatoms. The summed E-state index contributed by atoms with van der Waals surface area (Å²) in [4.78, 5) is 13.3. The third kappa shape index (κ3) is 3.98. The number of carbonyl (C=O) groups excluding carboxylic acids is 1. The SMILES string of the molecule is COc1ccccc1NC(=O)C1=C(C)NC(SC)=C(C#N)[C@H]1c1ccccc1F. The molecule has 1 heterocycles. The second kappa shape index (κ2) is 8.84. The van der Waals surface area contributed by atoms with Crippen LogP contribution >= 0.6 is 11.8 Å². The molecular weight excluding hydrogens is 389 g/mol. The maximum absolute atomic E-state index is 14.7. The Kier molecular flexibility index (Phi) is 6.25. The summed E-state index contributed by atoms with van der Waals surface area (Å²) in [5.74, 6) is -1.21. The number of para-hydroxylation sites is 2. The quantitative estimate of drug-likeness (QED) is 0.759. The van der Waals surface area contributed by atoms with Crippen LogP contribution in [0.25, 0.3) is 0 Å². The highest BCUT2D eigenvalue weighted by atomic mass is 32.2. The number of methoxy groups -OCH3 is 1. The predicted molar refractivity (Wildman–Crippen MR) is 113 cm³/mol. The van der Waals surface area contributed by atoms with Crippen molar-refractivity contribution in [1.29, 1.82) is 5.26 Å². The zero-order valence-corrected chi connectivity index (χ0v) is 17.1. The average Bonchev–Trinajstić information content (AvgIpc) is 2.73. The monoisotopic (exact) mass is 409 g/mol. The third-order valence-electron chi connectivity index (χ3n) is 4.67. The van der Waals surface area contributed by atoms with Gasteiger partial charge in [0.15, 0.2) is 0 Å². The van der Waals surface area contributed by atoms with E-state index in [1.807, 2.05) is 6.26 Å². The molecule has 148 valence electrons. The minimum absolute atomic E-state index is 0.279. The number of dihydropyridines is 1. The number of rotatable bonds is 5. The summed E-state index contributed by atoms with van der Waals surface area (Å²) < 4.78 is 20.0. The first kappa shape index (κ1) is 20.5. The molecule has 3 rings (SSSR count). The molecule has 1 atom stereocenters. The van der Waals surface area contributed by atoms with Gasteiger partial charge in [-0.05, 0) is 31.4 Å². The van der Waals surface area contributed by atoms with Gasteiger partial charge < -0.3 is 15.4 Å². The molecule has 2 aromatic rings. The van der Waals surface area contributed by atoms with E-state index in [4.69, 9.17) is 4.74 Å². The van der Waals surface area contributed by atoms with Crippen LogP contribution in [0.4, 0.5) is 10.1 Å². The fourth-order valence-electron chi connectivity index (χ4n) is 3.33. The summed E-state index contributed by atoms with van der Waals surface area (Å²) >= 11 is 1.35. The van der Waals surface area contributed by atoms with Crippen molar-refractivity contribution < 1.29 is 13.9 Å². The number of hydrogen-bond acceptors (Lipinski definition) is 5.